The van der Waals surface area contributed by atoms with Gasteiger partial charge in [-0.2, -0.15) is 0 Å². The molecule has 2 atom stereocenters. The first-order valence-corrected chi connectivity index (χ1v) is 3.60. The lowest BCUT2D eigenvalue weighted by atomic mass is 9.81. The van der Waals surface area contributed by atoms with Crippen LogP contribution in [-0.2, 0) is 4.74 Å². The van der Waals surface area contributed by atoms with E-state index in [0.717, 1.165) is 12.0 Å². The molecule has 2 aliphatic carbocycles. The average Bonchev–Trinajstić information content (AvgIpc) is 2.50. The molecule has 0 N–H and O–H groups in total. The van der Waals surface area contributed by atoms with Crippen molar-refractivity contribution in [2.24, 2.45) is 5.92 Å². The van der Waals surface area contributed by atoms with Crippen LogP contribution in [-0.4, -0.2) is 11.7 Å². The molecule has 0 aromatic carbocycles. The Balaban J connectivity index is 1.88. The maximum Gasteiger partial charge on any atom is 0.0977 e. The molecule has 1 nitrogen and oxygen atoms in total. The van der Waals surface area contributed by atoms with Gasteiger partial charge < -0.3 is 4.74 Å². The Morgan fingerprint density at radius 2 is 2.12 bits per heavy atom. The molecule has 44 valence electrons. The summed E-state index contributed by atoms with van der Waals surface area (Å²) in [7, 11) is 0. The molecule has 0 aromatic heterocycles. The van der Waals surface area contributed by atoms with Crippen molar-refractivity contribution in [3.63, 3.8) is 0 Å². The smallest absolute Gasteiger partial charge is 0.0977 e. The van der Waals surface area contributed by atoms with E-state index in [2.05, 4.69) is 0 Å². The van der Waals surface area contributed by atoms with Crippen molar-refractivity contribution in [1.29, 1.82) is 0 Å². The Labute approximate surface area is 49.0 Å². The van der Waals surface area contributed by atoms with Gasteiger partial charge in [0.25, 0.3) is 0 Å². The molecule has 3 fully saturated rings. The summed E-state index contributed by atoms with van der Waals surface area (Å²) in [6.45, 7) is 0. The van der Waals surface area contributed by atoms with Crippen molar-refractivity contribution >= 4 is 0 Å². The fraction of sp³-hybridized carbons (Fsp3) is 1.00. The Kier molecular flexibility index (Phi) is 0.418. The molecule has 8 heavy (non-hydrogen) atoms. The zero-order valence-corrected chi connectivity index (χ0v) is 4.89. The molecule has 1 heteroatoms. The van der Waals surface area contributed by atoms with E-state index in [9.17, 15) is 0 Å². The number of rotatable bonds is 1. The number of epoxide rings is 1. The monoisotopic (exact) mass is 110 g/mol. The molecule has 0 radical (unpaired) electrons. The van der Waals surface area contributed by atoms with E-state index in [-0.39, 0.29) is 0 Å². The van der Waals surface area contributed by atoms with Crippen molar-refractivity contribution in [3.8, 4) is 0 Å². The molecule has 1 heterocycles. The van der Waals surface area contributed by atoms with Crippen LogP contribution in [0.3, 0.4) is 0 Å². The number of fused-ring (bicyclic) bond motifs is 1. The minimum Gasteiger partial charge on any atom is -0.366 e. The number of ether oxygens (including phenoxy) is 1. The summed E-state index contributed by atoms with van der Waals surface area (Å²) >= 11 is 0. The maximum absolute atomic E-state index is 5.54. The van der Waals surface area contributed by atoms with Crippen LogP contribution in [0.2, 0.25) is 0 Å². The Morgan fingerprint density at radius 1 is 1.25 bits per heavy atom. The molecule has 0 spiro atoms. The first kappa shape index (κ1) is 3.89. The quantitative estimate of drug-likeness (QED) is 0.464. The normalized spacial score (nSPS) is 59.2. The SMILES string of the molecule is C1CC1C12CCC1O2. The van der Waals surface area contributed by atoms with Gasteiger partial charge in [-0.3, -0.25) is 0 Å². The standard InChI is InChI=1S/C7H10O/c1-2-5(1)7-4-3-6(7)8-7/h5-6H,1-4H2. The van der Waals surface area contributed by atoms with E-state index >= 15 is 0 Å². The summed E-state index contributed by atoms with van der Waals surface area (Å²) in [5.74, 6) is 1.00. The summed E-state index contributed by atoms with van der Waals surface area (Å²) < 4.78 is 5.54. The van der Waals surface area contributed by atoms with Crippen molar-refractivity contribution in [1.82, 2.24) is 0 Å². The van der Waals surface area contributed by atoms with Crippen molar-refractivity contribution in [2.75, 3.05) is 0 Å². The van der Waals surface area contributed by atoms with Crippen LogP contribution in [0.15, 0.2) is 0 Å². The summed E-state index contributed by atoms with van der Waals surface area (Å²) in [6.07, 6.45) is 6.38. The predicted octanol–water partition coefficient (Wildman–Crippen LogP) is 1.33. The molecule has 3 aliphatic rings. The highest BCUT2D eigenvalue weighted by molar-refractivity contribution is 5.18. The molecule has 0 bridgehead atoms. The highest BCUT2D eigenvalue weighted by Crippen LogP contribution is 2.64. The molecular formula is C7H10O. The van der Waals surface area contributed by atoms with Gasteiger partial charge in [-0.15, -0.1) is 0 Å². The lowest BCUT2D eigenvalue weighted by molar-refractivity contribution is 0.278. The van der Waals surface area contributed by atoms with Gasteiger partial charge >= 0.3 is 0 Å². The van der Waals surface area contributed by atoms with Gasteiger partial charge in [0.1, 0.15) is 0 Å². The maximum atomic E-state index is 5.54. The van der Waals surface area contributed by atoms with Crippen LogP contribution in [0.1, 0.15) is 25.7 Å². The van der Waals surface area contributed by atoms with Gasteiger partial charge in [-0.1, -0.05) is 0 Å². The minimum atomic E-state index is 0.500. The fourth-order valence-corrected chi connectivity index (χ4v) is 2.03. The zero-order chi connectivity index (χ0) is 5.19. The van der Waals surface area contributed by atoms with Crippen LogP contribution < -0.4 is 0 Å². The number of hydrogen-bond donors (Lipinski definition) is 0. The van der Waals surface area contributed by atoms with Gasteiger partial charge in [0, 0.05) is 0 Å². The summed E-state index contributed by atoms with van der Waals surface area (Å²) in [5, 5.41) is 0. The van der Waals surface area contributed by atoms with Gasteiger partial charge in [0.05, 0.1) is 11.7 Å². The van der Waals surface area contributed by atoms with Crippen LogP contribution in [0.25, 0.3) is 0 Å². The van der Waals surface area contributed by atoms with Crippen LogP contribution >= 0.6 is 0 Å². The van der Waals surface area contributed by atoms with E-state index in [4.69, 9.17) is 4.74 Å². The molecule has 2 saturated carbocycles. The third kappa shape index (κ3) is 0.255. The van der Waals surface area contributed by atoms with E-state index in [0.29, 0.717) is 5.60 Å². The summed E-state index contributed by atoms with van der Waals surface area (Å²) in [6, 6.07) is 0. The molecular weight excluding hydrogens is 100 g/mol. The van der Waals surface area contributed by atoms with Crippen LogP contribution in [0, 0.1) is 5.92 Å². The Hall–Kier alpha value is -0.0400. The first-order valence-electron chi connectivity index (χ1n) is 3.60. The largest absolute Gasteiger partial charge is 0.366 e. The van der Waals surface area contributed by atoms with E-state index in [1.54, 1.807) is 0 Å². The minimum absolute atomic E-state index is 0.500. The van der Waals surface area contributed by atoms with Crippen molar-refractivity contribution in [3.05, 3.63) is 0 Å². The summed E-state index contributed by atoms with van der Waals surface area (Å²) in [5.41, 5.74) is 0.500. The highest BCUT2D eigenvalue weighted by atomic mass is 16.6. The second-order valence-electron chi connectivity index (χ2n) is 3.37. The van der Waals surface area contributed by atoms with E-state index in [1.165, 1.54) is 25.7 Å². The van der Waals surface area contributed by atoms with Gasteiger partial charge in [-0.05, 0) is 31.6 Å². The van der Waals surface area contributed by atoms with E-state index < -0.39 is 0 Å². The second kappa shape index (κ2) is 0.860. The molecule has 0 amide bonds. The lowest BCUT2D eigenvalue weighted by Gasteiger charge is -2.17. The predicted molar refractivity (Wildman–Crippen MR) is 29.6 cm³/mol. The van der Waals surface area contributed by atoms with Gasteiger partial charge in [-0.25, -0.2) is 0 Å². The Bertz CT molecular complexity index is 135. The molecule has 2 unspecified atom stereocenters. The highest BCUT2D eigenvalue weighted by Gasteiger charge is 2.69. The molecule has 1 saturated heterocycles. The van der Waals surface area contributed by atoms with Crippen molar-refractivity contribution < 1.29 is 4.74 Å². The zero-order valence-electron chi connectivity index (χ0n) is 4.89. The van der Waals surface area contributed by atoms with Crippen LogP contribution in [0.4, 0.5) is 0 Å². The first-order chi connectivity index (χ1) is 3.92. The lowest BCUT2D eigenvalue weighted by Crippen LogP contribution is -2.27. The van der Waals surface area contributed by atoms with E-state index in [1.807, 2.05) is 0 Å². The van der Waals surface area contributed by atoms with Crippen LogP contribution in [0.5, 0.6) is 0 Å². The topological polar surface area (TPSA) is 12.5 Å². The molecule has 1 aliphatic heterocycles. The third-order valence-electron chi connectivity index (χ3n) is 2.92. The van der Waals surface area contributed by atoms with Crippen molar-refractivity contribution in [2.45, 2.75) is 37.4 Å². The molecule has 3 rings (SSSR count). The van der Waals surface area contributed by atoms with Gasteiger partial charge in [0.2, 0.25) is 0 Å². The summed E-state index contributed by atoms with van der Waals surface area (Å²) in [4.78, 5) is 0. The number of hydrogen-bond acceptors (Lipinski definition) is 1. The van der Waals surface area contributed by atoms with Gasteiger partial charge in [0.15, 0.2) is 0 Å². The molecule has 0 aromatic rings. The average molecular weight is 110 g/mol. The fourth-order valence-electron chi connectivity index (χ4n) is 2.03. The Morgan fingerprint density at radius 3 is 2.25 bits per heavy atom. The second-order valence-corrected chi connectivity index (χ2v) is 3.37. The third-order valence-corrected chi connectivity index (χ3v) is 2.92.